The van der Waals surface area contributed by atoms with Crippen molar-refractivity contribution in [2.75, 3.05) is 15.5 Å². The van der Waals surface area contributed by atoms with Crippen molar-refractivity contribution < 1.29 is 14.0 Å². The monoisotopic (exact) mass is 438 g/mol. The van der Waals surface area contributed by atoms with Crippen LogP contribution in [0.15, 0.2) is 47.8 Å². The molecule has 31 heavy (non-hydrogen) atoms. The Bertz CT molecular complexity index is 1110. The van der Waals surface area contributed by atoms with Gasteiger partial charge in [0.25, 0.3) is 0 Å². The van der Waals surface area contributed by atoms with Gasteiger partial charge in [0.15, 0.2) is 5.13 Å². The van der Waals surface area contributed by atoms with E-state index in [1.165, 1.54) is 23.5 Å². The minimum Gasteiger partial charge on any atom is -0.309 e. The lowest BCUT2D eigenvalue weighted by Crippen LogP contribution is -2.43. The number of anilines is 3. The molecule has 2 N–H and O–H groups in total. The van der Waals surface area contributed by atoms with Crippen LogP contribution in [0.5, 0.6) is 0 Å². The van der Waals surface area contributed by atoms with E-state index in [2.05, 4.69) is 15.6 Å². The van der Waals surface area contributed by atoms with Gasteiger partial charge in [0, 0.05) is 22.8 Å². The predicted octanol–water partition coefficient (Wildman–Crippen LogP) is 5.15. The Labute approximate surface area is 184 Å². The lowest BCUT2D eigenvalue weighted by molar-refractivity contribution is -0.118. The van der Waals surface area contributed by atoms with Crippen LogP contribution in [-0.4, -0.2) is 23.0 Å². The molecule has 8 heteroatoms. The second-order valence-electron chi connectivity index (χ2n) is 7.69. The van der Waals surface area contributed by atoms with Crippen molar-refractivity contribution >= 4 is 39.8 Å². The number of aryl methyl sites for hydroxylation is 2. The summed E-state index contributed by atoms with van der Waals surface area (Å²) in [7, 11) is 0. The molecule has 1 unspecified atom stereocenters. The fraction of sp³-hybridized carbons (Fsp3) is 0.261. The molecule has 3 aromatic rings. The van der Waals surface area contributed by atoms with Crippen molar-refractivity contribution in [1.29, 1.82) is 0 Å². The maximum atomic E-state index is 13.6. The summed E-state index contributed by atoms with van der Waals surface area (Å²) in [5.41, 5.74) is 3.98. The molecule has 0 spiro atoms. The number of hydrogen-bond acceptors (Lipinski definition) is 4. The van der Waals surface area contributed by atoms with Gasteiger partial charge in [0.2, 0.25) is 5.91 Å². The van der Waals surface area contributed by atoms with Crippen LogP contribution in [0, 0.1) is 12.7 Å². The van der Waals surface area contributed by atoms with Gasteiger partial charge in [-0.05, 0) is 62.6 Å². The zero-order chi connectivity index (χ0) is 22.0. The third kappa shape index (κ3) is 4.91. The zero-order valence-corrected chi connectivity index (χ0v) is 18.1. The third-order valence-corrected chi connectivity index (χ3v) is 6.06. The highest BCUT2D eigenvalue weighted by Crippen LogP contribution is 2.32. The number of carbonyl (C=O) groups is 2. The molecule has 2 heterocycles. The number of fused-ring (bicyclic) bond motifs is 1. The van der Waals surface area contributed by atoms with Crippen LogP contribution >= 0.6 is 11.3 Å². The summed E-state index contributed by atoms with van der Waals surface area (Å²) in [5, 5.41) is 7.63. The van der Waals surface area contributed by atoms with Crippen LogP contribution in [0.25, 0.3) is 0 Å². The quantitative estimate of drug-likeness (QED) is 0.592. The highest BCUT2D eigenvalue weighted by Gasteiger charge is 2.28. The maximum absolute atomic E-state index is 13.6. The van der Waals surface area contributed by atoms with Crippen LogP contribution in [0.1, 0.15) is 30.2 Å². The molecule has 1 atom stereocenters. The molecule has 1 aliphatic heterocycles. The first kappa shape index (κ1) is 21.0. The summed E-state index contributed by atoms with van der Waals surface area (Å²) in [6.45, 7) is 3.97. The number of nitrogens with one attached hydrogen (secondary N) is 2. The maximum Gasteiger partial charge on any atom is 0.325 e. The molecule has 2 aromatic carbocycles. The van der Waals surface area contributed by atoms with E-state index in [-0.39, 0.29) is 24.2 Å². The Morgan fingerprint density at radius 1 is 1.19 bits per heavy atom. The van der Waals surface area contributed by atoms with Crippen LogP contribution in [0.3, 0.4) is 0 Å². The summed E-state index contributed by atoms with van der Waals surface area (Å²) in [6, 6.07) is 11.7. The summed E-state index contributed by atoms with van der Waals surface area (Å²) in [6.07, 6.45) is 1.64. The van der Waals surface area contributed by atoms with Gasteiger partial charge in [0.05, 0.1) is 12.1 Å². The molecule has 0 bridgehead atoms. The lowest BCUT2D eigenvalue weighted by Gasteiger charge is -2.35. The summed E-state index contributed by atoms with van der Waals surface area (Å²) in [5.74, 6) is -0.388. The number of hydrogen-bond donors (Lipinski definition) is 2. The molecule has 1 aromatic heterocycles. The van der Waals surface area contributed by atoms with Gasteiger partial charge < -0.3 is 10.2 Å². The number of amides is 3. The van der Waals surface area contributed by atoms with Gasteiger partial charge in [-0.1, -0.05) is 17.7 Å². The van der Waals surface area contributed by atoms with Crippen LogP contribution in [-0.2, 0) is 17.6 Å². The molecule has 160 valence electrons. The van der Waals surface area contributed by atoms with E-state index in [1.807, 2.05) is 38.1 Å². The number of urea groups is 1. The van der Waals surface area contributed by atoms with E-state index in [0.717, 1.165) is 29.7 Å². The smallest absolute Gasteiger partial charge is 0.309 e. The van der Waals surface area contributed by atoms with Crippen molar-refractivity contribution in [3.8, 4) is 0 Å². The Balaban J connectivity index is 1.40. The molecular formula is C23H23FN4O2S. The fourth-order valence-corrected chi connectivity index (χ4v) is 4.39. The van der Waals surface area contributed by atoms with E-state index < -0.39 is 6.03 Å². The van der Waals surface area contributed by atoms with Gasteiger partial charge >= 0.3 is 6.03 Å². The standard InChI is InChI=1S/C23H23FN4O2S/c1-14-3-8-18(9-4-14)25-22(30)27-23-26-19(13-31-23)12-21(29)28-15(2)5-6-16-11-17(24)7-10-20(16)28/h3-4,7-11,13,15H,5-6,12H2,1-2H3,(H2,25,26,27,30). The van der Waals surface area contributed by atoms with E-state index in [4.69, 9.17) is 0 Å². The van der Waals surface area contributed by atoms with Crippen molar-refractivity contribution in [2.24, 2.45) is 0 Å². The van der Waals surface area contributed by atoms with Gasteiger partial charge in [-0.15, -0.1) is 11.3 Å². The van der Waals surface area contributed by atoms with Gasteiger partial charge in [0.1, 0.15) is 5.82 Å². The molecule has 0 saturated heterocycles. The highest BCUT2D eigenvalue weighted by molar-refractivity contribution is 7.14. The number of benzene rings is 2. The van der Waals surface area contributed by atoms with Crippen LogP contribution in [0.2, 0.25) is 0 Å². The Morgan fingerprint density at radius 3 is 2.74 bits per heavy atom. The van der Waals surface area contributed by atoms with E-state index in [0.29, 0.717) is 16.5 Å². The minimum absolute atomic E-state index is 0.0296. The molecule has 4 rings (SSSR count). The number of halogens is 1. The minimum atomic E-state index is -0.392. The Morgan fingerprint density at radius 2 is 1.97 bits per heavy atom. The Hall–Kier alpha value is -3.26. The first-order valence-electron chi connectivity index (χ1n) is 10.1. The molecule has 0 fully saturated rings. The van der Waals surface area contributed by atoms with E-state index in [1.54, 1.807) is 16.3 Å². The van der Waals surface area contributed by atoms with Gasteiger partial charge in [-0.2, -0.15) is 0 Å². The number of thiazole rings is 1. The lowest BCUT2D eigenvalue weighted by atomic mass is 9.96. The summed E-state index contributed by atoms with van der Waals surface area (Å²) < 4.78 is 13.6. The number of aromatic nitrogens is 1. The molecular weight excluding hydrogens is 415 g/mol. The zero-order valence-electron chi connectivity index (χ0n) is 17.3. The average Bonchev–Trinajstić information content (AvgIpc) is 3.16. The second-order valence-corrected chi connectivity index (χ2v) is 8.55. The molecule has 0 aliphatic carbocycles. The van der Waals surface area contributed by atoms with E-state index >= 15 is 0 Å². The predicted molar refractivity (Wildman–Crippen MR) is 121 cm³/mol. The molecule has 3 amide bonds. The number of carbonyl (C=O) groups excluding carboxylic acids is 2. The van der Waals surface area contributed by atoms with Crippen LogP contribution < -0.4 is 15.5 Å². The summed E-state index contributed by atoms with van der Waals surface area (Å²) >= 11 is 1.26. The molecule has 6 nitrogen and oxygen atoms in total. The van der Waals surface area contributed by atoms with Crippen molar-refractivity contribution in [3.05, 3.63) is 70.5 Å². The fourth-order valence-electron chi connectivity index (χ4n) is 3.68. The van der Waals surface area contributed by atoms with Crippen LogP contribution in [0.4, 0.5) is 25.7 Å². The third-order valence-electron chi connectivity index (χ3n) is 5.26. The Kier molecular flexibility index (Phi) is 5.99. The number of rotatable bonds is 4. The van der Waals surface area contributed by atoms with Gasteiger partial charge in [-0.3, -0.25) is 10.1 Å². The highest BCUT2D eigenvalue weighted by atomic mass is 32.1. The second kappa shape index (κ2) is 8.85. The molecule has 0 saturated carbocycles. The topological polar surface area (TPSA) is 74.3 Å². The molecule has 0 radical (unpaired) electrons. The first-order chi connectivity index (χ1) is 14.9. The first-order valence-corrected chi connectivity index (χ1v) is 11.0. The largest absolute Gasteiger partial charge is 0.325 e. The van der Waals surface area contributed by atoms with Crippen molar-refractivity contribution in [2.45, 2.75) is 39.2 Å². The SMILES string of the molecule is Cc1ccc(NC(=O)Nc2nc(CC(=O)N3c4ccc(F)cc4CCC3C)cs2)cc1. The normalized spacial score (nSPS) is 15.3. The molecule has 1 aliphatic rings. The van der Waals surface area contributed by atoms with Crippen molar-refractivity contribution in [3.63, 3.8) is 0 Å². The number of nitrogens with zero attached hydrogens (tertiary/aromatic N) is 2. The summed E-state index contributed by atoms with van der Waals surface area (Å²) in [4.78, 5) is 31.3. The van der Waals surface area contributed by atoms with E-state index in [9.17, 15) is 14.0 Å². The van der Waals surface area contributed by atoms with Crippen molar-refractivity contribution in [1.82, 2.24) is 4.98 Å². The van der Waals surface area contributed by atoms with Gasteiger partial charge in [-0.25, -0.2) is 14.2 Å². The average molecular weight is 439 g/mol.